The molecule has 112 valence electrons. The first-order valence-corrected chi connectivity index (χ1v) is 7.63. The normalized spacial score (nSPS) is 13.5. The average Bonchev–Trinajstić information content (AvgIpc) is 3.00. The van der Waals surface area contributed by atoms with Crippen LogP contribution in [0.15, 0.2) is 41.1 Å². The molecule has 21 heavy (non-hydrogen) atoms. The lowest BCUT2D eigenvalue weighted by Crippen LogP contribution is -2.40. The molecule has 1 amide bonds. The molecule has 1 atom stereocenters. The standard InChI is InChI=1S/C16H19NO3S/c1-12-3-5-14(6-4-12)20-9-15(18)17-11-16(2,19)13-7-8-21-10-13/h3-8,10,19H,9,11H2,1-2H3,(H,17,18). The van der Waals surface area contributed by atoms with Crippen LogP contribution >= 0.6 is 11.3 Å². The summed E-state index contributed by atoms with van der Waals surface area (Å²) < 4.78 is 5.39. The fourth-order valence-electron chi connectivity index (χ4n) is 1.78. The number of carbonyl (C=O) groups is 1. The Hall–Kier alpha value is -1.85. The lowest BCUT2D eigenvalue weighted by atomic mass is 9.99. The highest BCUT2D eigenvalue weighted by atomic mass is 32.1. The average molecular weight is 305 g/mol. The number of carbonyl (C=O) groups excluding carboxylic acids is 1. The van der Waals surface area contributed by atoms with Crippen LogP contribution < -0.4 is 10.1 Å². The molecular formula is C16H19NO3S. The Morgan fingerprint density at radius 3 is 2.67 bits per heavy atom. The number of amides is 1. The van der Waals surface area contributed by atoms with Crippen LogP contribution in [0.3, 0.4) is 0 Å². The van der Waals surface area contributed by atoms with Crippen molar-refractivity contribution in [2.75, 3.05) is 13.2 Å². The van der Waals surface area contributed by atoms with Crippen LogP contribution in [-0.2, 0) is 10.4 Å². The minimum atomic E-state index is -1.07. The van der Waals surface area contributed by atoms with Gasteiger partial charge in [0.2, 0.25) is 0 Å². The maximum absolute atomic E-state index is 11.8. The summed E-state index contributed by atoms with van der Waals surface area (Å²) in [5, 5.41) is 16.7. The van der Waals surface area contributed by atoms with Gasteiger partial charge < -0.3 is 15.2 Å². The first-order chi connectivity index (χ1) is 9.97. The van der Waals surface area contributed by atoms with Crippen LogP contribution in [0.4, 0.5) is 0 Å². The van der Waals surface area contributed by atoms with Crippen LogP contribution in [-0.4, -0.2) is 24.2 Å². The quantitative estimate of drug-likeness (QED) is 0.862. The van der Waals surface area contributed by atoms with Crippen molar-refractivity contribution in [2.24, 2.45) is 0 Å². The minimum absolute atomic E-state index is 0.0667. The zero-order valence-electron chi connectivity index (χ0n) is 12.1. The molecule has 0 aliphatic carbocycles. The van der Waals surface area contributed by atoms with Gasteiger partial charge in [-0.1, -0.05) is 17.7 Å². The summed E-state index contributed by atoms with van der Waals surface area (Å²) in [6.45, 7) is 3.75. The van der Waals surface area contributed by atoms with Gasteiger partial charge in [0.25, 0.3) is 5.91 Å². The smallest absolute Gasteiger partial charge is 0.258 e. The number of benzene rings is 1. The summed E-state index contributed by atoms with van der Waals surface area (Å²) in [6.07, 6.45) is 0. The maximum atomic E-state index is 11.8. The van der Waals surface area contributed by atoms with E-state index < -0.39 is 5.60 Å². The van der Waals surface area contributed by atoms with Gasteiger partial charge in [0.15, 0.2) is 6.61 Å². The predicted octanol–water partition coefficient (Wildman–Crippen LogP) is 2.46. The molecule has 2 rings (SSSR count). The number of hydrogen-bond donors (Lipinski definition) is 2. The van der Waals surface area contributed by atoms with Gasteiger partial charge in [0, 0.05) is 0 Å². The lowest BCUT2D eigenvalue weighted by Gasteiger charge is -2.22. The monoisotopic (exact) mass is 305 g/mol. The third-order valence-corrected chi connectivity index (χ3v) is 3.85. The molecule has 1 aromatic carbocycles. The Morgan fingerprint density at radius 2 is 2.05 bits per heavy atom. The second-order valence-corrected chi connectivity index (χ2v) is 5.94. The molecule has 2 N–H and O–H groups in total. The third kappa shape index (κ3) is 4.58. The Bertz CT molecular complexity index is 576. The number of aliphatic hydroxyl groups is 1. The molecular weight excluding hydrogens is 286 g/mol. The number of aryl methyl sites for hydroxylation is 1. The number of rotatable bonds is 6. The summed E-state index contributed by atoms with van der Waals surface area (Å²) in [5.41, 5.74) is 0.866. The molecule has 0 spiro atoms. The first kappa shape index (κ1) is 15.5. The molecule has 0 aliphatic rings. The van der Waals surface area contributed by atoms with Gasteiger partial charge in [-0.05, 0) is 48.4 Å². The van der Waals surface area contributed by atoms with E-state index in [0.717, 1.165) is 11.1 Å². The molecule has 5 heteroatoms. The van der Waals surface area contributed by atoms with Crippen molar-refractivity contribution < 1.29 is 14.6 Å². The second-order valence-electron chi connectivity index (χ2n) is 5.16. The first-order valence-electron chi connectivity index (χ1n) is 6.68. The molecule has 0 saturated carbocycles. The van der Waals surface area contributed by atoms with E-state index in [0.29, 0.717) is 5.75 Å². The highest BCUT2D eigenvalue weighted by Gasteiger charge is 2.24. The number of ether oxygens (including phenoxy) is 1. The fraction of sp³-hybridized carbons (Fsp3) is 0.312. The summed E-state index contributed by atoms with van der Waals surface area (Å²) in [7, 11) is 0. The molecule has 4 nitrogen and oxygen atoms in total. The number of hydrogen-bond acceptors (Lipinski definition) is 4. The molecule has 1 aromatic heterocycles. The van der Waals surface area contributed by atoms with Crippen LogP contribution in [0.5, 0.6) is 5.75 Å². The molecule has 0 bridgehead atoms. The van der Waals surface area contributed by atoms with E-state index in [9.17, 15) is 9.90 Å². The third-order valence-electron chi connectivity index (χ3n) is 3.16. The fourth-order valence-corrected chi connectivity index (χ4v) is 2.56. The lowest BCUT2D eigenvalue weighted by molar-refractivity contribution is -0.124. The Labute approximate surface area is 128 Å². The predicted molar refractivity (Wildman–Crippen MR) is 83.6 cm³/mol. The highest BCUT2D eigenvalue weighted by Crippen LogP contribution is 2.21. The van der Waals surface area contributed by atoms with E-state index in [4.69, 9.17) is 4.74 Å². The van der Waals surface area contributed by atoms with Crippen molar-refractivity contribution in [3.63, 3.8) is 0 Å². The van der Waals surface area contributed by atoms with Crippen LogP contribution in [0, 0.1) is 6.92 Å². The van der Waals surface area contributed by atoms with Crippen LogP contribution in [0.25, 0.3) is 0 Å². The van der Waals surface area contributed by atoms with Crippen molar-refractivity contribution in [1.29, 1.82) is 0 Å². The zero-order chi connectivity index (χ0) is 15.3. The molecule has 0 aliphatic heterocycles. The van der Waals surface area contributed by atoms with Gasteiger partial charge in [0.05, 0.1) is 6.54 Å². The van der Waals surface area contributed by atoms with Crippen molar-refractivity contribution in [1.82, 2.24) is 5.32 Å². The van der Waals surface area contributed by atoms with E-state index in [1.54, 1.807) is 6.92 Å². The zero-order valence-corrected chi connectivity index (χ0v) is 12.9. The van der Waals surface area contributed by atoms with Gasteiger partial charge in [-0.2, -0.15) is 11.3 Å². The highest BCUT2D eigenvalue weighted by molar-refractivity contribution is 7.08. The summed E-state index contributed by atoms with van der Waals surface area (Å²) in [4.78, 5) is 11.8. The van der Waals surface area contributed by atoms with E-state index in [1.807, 2.05) is 48.0 Å². The van der Waals surface area contributed by atoms with Gasteiger partial charge in [0.1, 0.15) is 11.4 Å². The molecule has 0 fully saturated rings. The summed E-state index contributed by atoms with van der Waals surface area (Å²) in [5.74, 6) is 0.395. The van der Waals surface area contributed by atoms with Gasteiger partial charge in [-0.15, -0.1) is 0 Å². The Morgan fingerprint density at radius 1 is 1.33 bits per heavy atom. The van der Waals surface area contributed by atoms with E-state index in [2.05, 4.69) is 5.32 Å². The summed E-state index contributed by atoms with van der Waals surface area (Å²) >= 11 is 1.51. The number of nitrogens with one attached hydrogen (secondary N) is 1. The maximum Gasteiger partial charge on any atom is 0.258 e. The van der Waals surface area contributed by atoms with Gasteiger partial charge in [-0.25, -0.2) is 0 Å². The van der Waals surface area contributed by atoms with Crippen molar-refractivity contribution in [3.8, 4) is 5.75 Å². The molecule has 1 unspecified atom stereocenters. The molecule has 2 aromatic rings. The van der Waals surface area contributed by atoms with Crippen molar-refractivity contribution in [3.05, 3.63) is 52.2 Å². The van der Waals surface area contributed by atoms with Gasteiger partial charge >= 0.3 is 0 Å². The van der Waals surface area contributed by atoms with Crippen molar-refractivity contribution >= 4 is 17.2 Å². The van der Waals surface area contributed by atoms with E-state index in [1.165, 1.54) is 11.3 Å². The minimum Gasteiger partial charge on any atom is -0.484 e. The Kier molecular flexibility index (Phi) is 4.98. The number of thiophene rings is 1. The largest absolute Gasteiger partial charge is 0.484 e. The summed E-state index contributed by atoms with van der Waals surface area (Å²) in [6, 6.07) is 9.34. The molecule has 1 heterocycles. The van der Waals surface area contributed by atoms with Crippen molar-refractivity contribution in [2.45, 2.75) is 19.4 Å². The Balaban J connectivity index is 1.78. The molecule has 0 radical (unpaired) electrons. The van der Waals surface area contributed by atoms with E-state index in [-0.39, 0.29) is 19.1 Å². The SMILES string of the molecule is Cc1ccc(OCC(=O)NCC(C)(O)c2ccsc2)cc1. The topological polar surface area (TPSA) is 58.6 Å². The van der Waals surface area contributed by atoms with Gasteiger partial charge in [-0.3, -0.25) is 4.79 Å². The molecule has 0 saturated heterocycles. The van der Waals surface area contributed by atoms with Crippen LogP contribution in [0.2, 0.25) is 0 Å². The van der Waals surface area contributed by atoms with E-state index >= 15 is 0 Å². The second kappa shape index (κ2) is 6.74. The van der Waals surface area contributed by atoms with Crippen LogP contribution in [0.1, 0.15) is 18.1 Å².